The summed E-state index contributed by atoms with van der Waals surface area (Å²) in [7, 11) is 0. The summed E-state index contributed by atoms with van der Waals surface area (Å²) in [6, 6.07) is 6.25. The molecule has 0 aliphatic carbocycles. The Morgan fingerprint density at radius 2 is 1.24 bits per heavy atom. The Hall–Kier alpha value is -2.50. The number of carbonyl (C=O) groups excluding carboxylic acids is 4. The predicted molar refractivity (Wildman–Crippen MR) is 131 cm³/mol. The number of nitrogen functional groups attached to an aromatic ring is 1. The van der Waals surface area contributed by atoms with E-state index in [9.17, 15) is 19.2 Å². The van der Waals surface area contributed by atoms with Gasteiger partial charge in [0.1, 0.15) is 5.92 Å². The number of ether oxygens (including phenoxy) is 1. The lowest BCUT2D eigenvalue weighted by Gasteiger charge is -2.14. The van der Waals surface area contributed by atoms with Crippen LogP contribution < -0.4 is 5.73 Å². The van der Waals surface area contributed by atoms with Gasteiger partial charge in [-0.05, 0) is 36.6 Å². The van der Waals surface area contributed by atoms with E-state index in [0.717, 1.165) is 25.2 Å². The van der Waals surface area contributed by atoms with Crippen LogP contribution in [-0.4, -0.2) is 24.0 Å². The van der Waals surface area contributed by atoms with E-state index in [4.69, 9.17) is 5.73 Å². The summed E-state index contributed by atoms with van der Waals surface area (Å²) >= 11 is 0. The molecule has 0 fully saturated rings. The van der Waals surface area contributed by atoms with Gasteiger partial charge in [0.05, 0.1) is 0 Å². The third-order valence-corrected chi connectivity index (χ3v) is 5.87. The molecule has 0 heterocycles. The number of carbonyl (C=O) groups is 4. The fraction of sp³-hybridized carbons (Fsp3) is 0.630. The predicted octanol–water partition coefficient (Wildman–Crippen LogP) is 6.06. The molecule has 0 aromatic heterocycles. The molecule has 6 nitrogen and oxygen atoms in total. The summed E-state index contributed by atoms with van der Waals surface area (Å²) in [6.07, 6.45) is 14.4. The Morgan fingerprint density at radius 1 is 0.788 bits per heavy atom. The van der Waals surface area contributed by atoms with Gasteiger partial charge in [-0.25, -0.2) is 4.79 Å². The highest BCUT2D eigenvalue weighted by atomic mass is 16.6. The van der Waals surface area contributed by atoms with Crippen LogP contribution >= 0.6 is 0 Å². The average molecular weight is 460 g/mol. The van der Waals surface area contributed by atoms with Crippen LogP contribution in [0.5, 0.6) is 0 Å². The number of esters is 2. The van der Waals surface area contributed by atoms with Crippen LogP contribution in [0.2, 0.25) is 0 Å². The summed E-state index contributed by atoms with van der Waals surface area (Å²) in [5.41, 5.74) is 6.49. The number of hydrogen-bond donors (Lipinski definition) is 1. The third kappa shape index (κ3) is 13.0. The first kappa shape index (κ1) is 28.5. The number of nitrogens with two attached hydrogens (primary N) is 1. The first-order valence-corrected chi connectivity index (χ1v) is 12.5. The van der Waals surface area contributed by atoms with Gasteiger partial charge < -0.3 is 10.5 Å². The molecule has 0 saturated carbocycles. The van der Waals surface area contributed by atoms with E-state index in [1.807, 2.05) is 0 Å². The second-order valence-electron chi connectivity index (χ2n) is 9.26. The van der Waals surface area contributed by atoms with Crippen molar-refractivity contribution in [2.24, 2.45) is 11.8 Å². The number of ketones is 1. The standard InChI is InChI=1S/C27H41NO5/c1-21(2)14-12-10-8-6-4-3-5-7-9-11-13-15-24(27(32)33-25(30)20-29)26(31)22-16-18-23(28)19-17-22/h16-21,24H,3-15,28H2,1-2H3. The maximum atomic E-state index is 12.8. The molecule has 1 aromatic carbocycles. The van der Waals surface area contributed by atoms with Gasteiger partial charge in [-0.15, -0.1) is 0 Å². The number of rotatable bonds is 18. The minimum Gasteiger partial charge on any atom is -0.399 e. The minimum atomic E-state index is -1.28. The van der Waals surface area contributed by atoms with E-state index in [1.165, 1.54) is 51.4 Å². The van der Waals surface area contributed by atoms with Gasteiger partial charge in [-0.1, -0.05) is 90.9 Å². The fourth-order valence-electron chi connectivity index (χ4n) is 3.89. The lowest BCUT2D eigenvalue weighted by atomic mass is 9.92. The van der Waals surface area contributed by atoms with Crippen LogP contribution in [0, 0.1) is 11.8 Å². The van der Waals surface area contributed by atoms with Crippen molar-refractivity contribution in [2.75, 3.05) is 5.73 Å². The molecule has 1 aromatic rings. The molecule has 0 amide bonds. The molecule has 6 heteroatoms. The minimum absolute atomic E-state index is 0.0751. The largest absolute Gasteiger partial charge is 0.399 e. The maximum absolute atomic E-state index is 12.8. The molecule has 33 heavy (non-hydrogen) atoms. The average Bonchev–Trinajstić information content (AvgIpc) is 2.79. The second-order valence-corrected chi connectivity index (χ2v) is 9.26. The zero-order valence-electron chi connectivity index (χ0n) is 20.4. The Kier molecular flexibility index (Phi) is 14.7. The van der Waals surface area contributed by atoms with Crippen molar-refractivity contribution in [3.8, 4) is 0 Å². The van der Waals surface area contributed by atoms with Crippen molar-refractivity contribution in [2.45, 2.75) is 97.3 Å². The molecular formula is C27H41NO5. The van der Waals surface area contributed by atoms with Crippen LogP contribution in [-0.2, 0) is 19.1 Å². The van der Waals surface area contributed by atoms with E-state index in [1.54, 1.807) is 24.3 Å². The Balaban J connectivity index is 2.30. The lowest BCUT2D eigenvalue weighted by molar-refractivity contribution is -0.163. The smallest absolute Gasteiger partial charge is 0.378 e. The molecule has 0 spiro atoms. The molecular weight excluding hydrogens is 418 g/mol. The van der Waals surface area contributed by atoms with Gasteiger partial charge in [0, 0.05) is 11.3 Å². The van der Waals surface area contributed by atoms with Crippen molar-refractivity contribution >= 4 is 29.7 Å². The highest BCUT2D eigenvalue weighted by Gasteiger charge is 2.30. The van der Waals surface area contributed by atoms with Crippen molar-refractivity contribution in [1.29, 1.82) is 0 Å². The number of unbranched alkanes of at least 4 members (excludes halogenated alkanes) is 10. The topological polar surface area (TPSA) is 104 Å². The molecule has 1 unspecified atom stereocenters. The van der Waals surface area contributed by atoms with E-state index in [0.29, 0.717) is 17.7 Å². The summed E-state index contributed by atoms with van der Waals surface area (Å²) in [5, 5.41) is 0. The summed E-state index contributed by atoms with van der Waals surface area (Å²) in [5.74, 6) is -2.97. The first-order chi connectivity index (χ1) is 15.8. The highest BCUT2D eigenvalue weighted by Crippen LogP contribution is 2.20. The van der Waals surface area contributed by atoms with Gasteiger partial charge in [0.2, 0.25) is 6.29 Å². The van der Waals surface area contributed by atoms with Gasteiger partial charge in [0.15, 0.2) is 5.78 Å². The maximum Gasteiger partial charge on any atom is 0.378 e. The normalized spacial score (nSPS) is 11.8. The second kappa shape index (κ2) is 17.0. The highest BCUT2D eigenvalue weighted by molar-refractivity contribution is 6.24. The fourth-order valence-corrected chi connectivity index (χ4v) is 3.89. The van der Waals surface area contributed by atoms with Gasteiger partial charge >= 0.3 is 11.9 Å². The number of benzene rings is 1. The van der Waals surface area contributed by atoms with E-state index >= 15 is 0 Å². The summed E-state index contributed by atoms with van der Waals surface area (Å²) in [4.78, 5) is 46.8. The van der Waals surface area contributed by atoms with Crippen molar-refractivity contribution in [3.63, 3.8) is 0 Å². The van der Waals surface area contributed by atoms with Gasteiger partial charge in [-0.3, -0.25) is 14.4 Å². The molecule has 1 rings (SSSR count). The SMILES string of the molecule is CC(C)CCCCCCCCCCCCCC(C(=O)OC(=O)C=O)C(=O)c1ccc(N)cc1. The quantitative estimate of drug-likeness (QED) is 0.0544. The Labute approximate surface area is 198 Å². The van der Waals surface area contributed by atoms with E-state index < -0.39 is 23.6 Å². The number of Topliss-reactive ketones (excluding diaryl/α,β-unsaturated/α-hetero) is 1. The van der Waals surface area contributed by atoms with Crippen LogP contribution in [0.3, 0.4) is 0 Å². The molecule has 0 bridgehead atoms. The Morgan fingerprint density at radius 3 is 1.70 bits per heavy atom. The number of anilines is 1. The van der Waals surface area contributed by atoms with Crippen molar-refractivity contribution < 1.29 is 23.9 Å². The molecule has 1 atom stereocenters. The summed E-state index contributed by atoms with van der Waals surface area (Å²) < 4.78 is 4.51. The van der Waals surface area contributed by atoms with Crippen molar-refractivity contribution in [3.05, 3.63) is 29.8 Å². The molecule has 0 radical (unpaired) electrons. The van der Waals surface area contributed by atoms with Crippen LogP contribution in [0.15, 0.2) is 24.3 Å². The van der Waals surface area contributed by atoms with Crippen LogP contribution in [0.4, 0.5) is 5.69 Å². The monoisotopic (exact) mass is 459 g/mol. The lowest BCUT2D eigenvalue weighted by Crippen LogP contribution is -2.28. The molecule has 2 N–H and O–H groups in total. The number of aldehydes is 1. The molecule has 0 aliphatic heterocycles. The molecule has 184 valence electrons. The number of hydrogen-bond acceptors (Lipinski definition) is 6. The zero-order valence-corrected chi connectivity index (χ0v) is 20.4. The summed E-state index contributed by atoms with van der Waals surface area (Å²) in [6.45, 7) is 4.55. The Bertz CT molecular complexity index is 727. The zero-order chi connectivity index (χ0) is 24.5. The first-order valence-electron chi connectivity index (χ1n) is 12.5. The third-order valence-electron chi connectivity index (χ3n) is 5.87. The molecule has 0 aliphatic rings. The van der Waals surface area contributed by atoms with Crippen molar-refractivity contribution in [1.82, 2.24) is 0 Å². The molecule has 0 saturated heterocycles. The van der Waals surface area contributed by atoms with Crippen LogP contribution in [0.25, 0.3) is 0 Å². The van der Waals surface area contributed by atoms with E-state index in [-0.39, 0.29) is 12.7 Å². The van der Waals surface area contributed by atoms with Gasteiger partial charge in [0.25, 0.3) is 0 Å². The van der Waals surface area contributed by atoms with Gasteiger partial charge in [-0.2, -0.15) is 0 Å². The van der Waals surface area contributed by atoms with Crippen LogP contribution in [0.1, 0.15) is 108 Å². The van der Waals surface area contributed by atoms with E-state index in [2.05, 4.69) is 18.6 Å².